The van der Waals surface area contributed by atoms with Gasteiger partial charge >= 0.3 is 0 Å². The van der Waals surface area contributed by atoms with Gasteiger partial charge in [-0.2, -0.15) is 0 Å². The molecule has 1 aliphatic heterocycles. The minimum Gasteiger partial charge on any atom is -0.493 e. The average Bonchev–Trinajstić information content (AvgIpc) is 3.11. The summed E-state index contributed by atoms with van der Waals surface area (Å²) in [6.07, 6.45) is 0. The standard InChI is InChI=1S/C23H23N3O6/c1-14-17(15(2)32-25-14)11-26-18-10-16(8-9-19(18)31-13-23(26)28)24-22(27)12-30-21-7-5-4-6-20(21)29-3/h4-10H,11-13H2,1-3H3,(H,24,27). The SMILES string of the molecule is COc1ccccc1OCC(=O)Nc1ccc2c(c1)N(Cc1c(C)noc1C)C(=O)CO2. The van der Waals surface area contributed by atoms with E-state index in [-0.39, 0.29) is 25.0 Å². The number of ether oxygens (including phenoxy) is 3. The van der Waals surface area contributed by atoms with Gasteiger partial charge in [-0.1, -0.05) is 17.3 Å². The van der Waals surface area contributed by atoms with Crippen LogP contribution in [0.1, 0.15) is 17.0 Å². The zero-order valence-corrected chi connectivity index (χ0v) is 18.0. The average molecular weight is 437 g/mol. The van der Waals surface area contributed by atoms with Gasteiger partial charge in [0.1, 0.15) is 11.5 Å². The lowest BCUT2D eigenvalue weighted by molar-refractivity contribution is -0.121. The van der Waals surface area contributed by atoms with E-state index in [4.69, 9.17) is 18.7 Å². The van der Waals surface area contributed by atoms with Gasteiger partial charge in [-0.15, -0.1) is 0 Å². The third-order valence-corrected chi connectivity index (χ3v) is 5.11. The second-order valence-corrected chi connectivity index (χ2v) is 7.24. The molecule has 1 aliphatic rings. The third kappa shape index (κ3) is 4.36. The lowest BCUT2D eigenvalue weighted by Crippen LogP contribution is -2.38. The number of carbonyl (C=O) groups excluding carboxylic acids is 2. The van der Waals surface area contributed by atoms with Crippen molar-refractivity contribution >= 4 is 23.2 Å². The van der Waals surface area contributed by atoms with Crippen LogP contribution in [0.2, 0.25) is 0 Å². The van der Waals surface area contributed by atoms with Gasteiger partial charge in [0, 0.05) is 11.3 Å². The number of benzene rings is 2. The van der Waals surface area contributed by atoms with E-state index in [0.717, 1.165) is 11.3 Å². The predicted octanol–water partition coefficient (Wildman–Crippen LogP) is 3.24. The molecule has 9 nitrogen and oxygen atoms in total. The molecule has 0 spiro atoms. The molecule has 2 amide bonds. The number of rotatable bonds is 7. The van der Waals surface area contributed by atoms with E-state index in [1.807, 2.05) is 13.0 Å². The molecule has 0 bridgehead atoms. The van der Waals surface area contributed by atoms with Gasteiger partial charge in [0.2, 0.25) is 0 Å². The number of anilines is 2. The fraction of sp³-hybridized carbons (Fsp3) is 0.261. The van der Waals surface area contributed by atoms with Crippen molar-refractivity contribution in [3.63, 3.8) is 0 Å². The summed E-state index contributed by atoms with van der Waals surface area (Å²) in [6, 6.07) is 12.2. The van der Waals surface area contributed by atoms with E-state index in [1.165, 1.54) is 7.11 Å². The first-order valence-electron chi connectivity index (χ1n) is 10.0. The van der Waals surface area contributed by atoms with E-state index in [2.05, 4.69) is 10.5 Å². The van der Waals surface area contributed by atoms with E-state index < -0.39 is 0 Å². The van der Waals surface area contributed by atoms with Crippen LogP contribution in [0.4, 0.5) is 11.4 Å². The molecule has 0 radical (unpaired) electrons. The van der Waals surface area contributed by atoms with Gasteiger partial charge in [-0.25, -0.2) is 0 Å². The van der Waals surface area contributed by atoms with Crippen LogP contribution in [0.5, 0.6) is 17.2 Å². The van der Waals surface area contributed by atoms with Crippen LogP contribution in [-0.4, -0.2) is 37.3 Å². The normalized spacial score (nSPS) is 12.7. The zero-order valence-electron chi connectivity index (χ0n) is 18.0. The maximum absolute atomic E-state index is 12.6. The lowest BCUT2D eigenvalue weighted by Gasteiger charge is -2.29. The Bertz CT molecular complexity index is 1140. The van der Waals surface area contributed by atoms with Crippen molar-refractivity contribution in [2.24, 2.45) is 0 Å². The monoisotopic (exact) mass is 437 g/mol. The molecule has 32 heavy (non-hydrogen) atoms. The van der Waals surface area contributed by atoms with E-state index in [0.29, 0.717) is 40.9 Å². The highest BCUT2D eigenvalue weighted by atomic mass is 16.5. The van der Waals surface area contributed by atoms with E-state index in [9.17, 15) is 9.59 Å². The fourth-order valence-electron chi connectivity index (χ4n) is 3.42. The summed E-state index contributed by atoms with van der Waals surface area (Å²) in [5, 5.41) is 6.74. The summed E-state index contributed by atoms with van der Waals surface area (Å²) in [5.74, 6) is 1.68. The summed E-state index contributed by atoms with van der Waals surface area (Å²) in [7, 11) is 1.53. The molecular formula is C23H23N3O6. The topological polar surface area (TPSA) is 103 Å². The van der Waals surface area contributed by atoms with Crippen LogP contribution in [0.25, 0.3) is 0 Å². The summed E-state index contributed by atoms with van der Waals surface area (Å²) in [4.78, 5) is 26.6. The van der Waals surface area contributed by atoms with Crippen LogP contribution in [0.15, 0.2) is 47.0 Å². The van der Waals surface area contributed by atoms with Crippen molar-refractivity contribution in [3.8, 4) is 17.2 Å². The van der Waals surface area contributed by atoms with Crippen molar-refractivity contribution in [1.82, 2.24) is 5.16 Å². The van der Waals surface area contributed by atoms with Crippen molar-refractivity contribution in [2.75, 3.05) is 30.5 Å². The van der Waals surface area contributed by atoms with Gasteiger partial charge in [0.15, 0.2) is 24.7 Å². The largest absolute Gasteiger partial charge is 0.493 e. The molecule has 166 valence electrons. The Hall–Kier alpha value is -4.01. The lowest BCUT2D eigenvalue weighted by atomic mass is 10.1. The molecule has 2 heterocycles. The molecular weight excluding hydrogens is 414 g/mol. The Morgan fingerprint density at radius 2 is 1.97 bits per heavy atom. The summed E-state index contributed by atoms with van der Waals surface area (Å²) >= 11 is 0. The van der Waals surface area contributed by atoms with Crippen LogP contribution in [0, 0.1) is 13.8 Å². The molecule has 0 atom stereocenters. The number of amides is 2. The smallest absolute Gasteiger partial charge is 0.265 e. The number of aromatic nitrogens is 1. The molecule has 0 aliphatic carbocycles. The van der Waals surface area contributed by atoms with E-state index in [1.54, 1.807) is 48.2 Å². The van der Waals surface area contributed by atoms with Crippen molar-refractivity contribution in [3.05, 3.63) is 59.5 Å². The van der Waals surface area contributed by atoms with E-state index >= 15 is 0 Å². The van der Waals surface area contributed by atoms with Gasteiger partial charge in [-0.05, 0) is 44.2 Å². The van der Waals surface area contributed by atoms with Crippen molar-refractivity contribution in [2.45, 2.75) is 20.4 Å². The van der Waals surface area contributed by atoms with Gasteiger partial charge in [-0.3, -0.25) is 9.59 Å². The predicted molar refractivity (Wildman–Crippen MR) is 116 cm³/mol. The first-order chi connectivity index (χ1) is 15.5. The highest BCUT2D eigenvalue weighted by Crippen LogP contribution is 2.36. The Labute approximate surface area is 184 Å². The minimum absolute atomic E-state index is 0.0607. The minimum atomic E-state index is -0.351. The Morgan fingerprint density at radius 1 is 1.19 bits per heavy atom. The molecule has 2 aromatic carbocycles. The molecule has 0 fully saturated rings. The molecule has 0 unspecified atom stereocenters. The number of hydrogen-bond acceptors (Lipinski definition) is 7. The third-order valence-electron chi connectivity index (χ3n) is 5.11. The Balaban J connectivity index is 1.49. The highest BCUT2D eigenvalue weighted by Gasteiger charge is 2.28. The fourth-order valence-corrected chi connectivity index (χ4v) is 3.42. The summed E-state index contributed by atoms with van der Waals surface area (Å²) in [6.45, 7) is 3.67. The number of nitrogens with one attached hydrogen (secondary N) is 1. The van der Waals surface area contributed by atoms with Crippen LogP contribution >= 0.6 is 0 Å². The number of nitrogens with zero attached hydrogens (tertiary/aromatic N) is 2. The number of carbonyl (C=O) groups is 2. The second kappa shape index (κ2) is 9.01. The summed E-state index contributed by atoms with van der Waals surface area (Å²) in [5.41, 5.74) is 2.64. The first kappa shape index (κ1) is 21.2. The highest BCUT2D eigenvalue weighted by molar-refractivity contribution is 5.99. The number of fused-ring (bicyclic) bond motifs is 1. The summed E-state index contributed by atoms with van der Waals surface area (Å²) < 4.78 is 21.6. The first-order valence-corrected chi connectivity index (χ1v) is 10.0. The molecule has 9 heteroatoms. The van der Waals surface area contributed by atoms with Gasteiger partial charge in [0.05, 0.1) is 25.0 Å². The Kier molecular flexibility index (Phi) is 5.98. The number of methoxy groups -OCH3 is 1. The molecule has 1 N–H and O–H groups in total. The maximum Gasteiger partial charge on any atom is 0.265 e. The van der Waals surface area contributed by atoms with Gasteiger partial charge < -0.3 is 29.0 Å². The molecule has 0 saturated carbocycles. The maximum atomic E-state index is 12.6. The van der Waals surface area contributed by atoms with Crippen molar-refractivity contribution in [1.29, 1.82) is 0 Å². The van der Waals surface area contributed by atoms with Crippen LogP contribution < -0.4 is 24.4 Å². The molecule has 0 saturated heterocycles. The number of hydrogen-bond donors (Lipinski definition) is 1. The number of aryl methyl sites for hydroxylation is 2. The molecule has 1 aromatic heterocycles. The second-order valence-electron chi connectivity index (χ2n) is 7.24. The van der Waals surface area contributed by atoms with Gasteiger partial charge in [0.25, 0.3) is 11.8 Å². The van der Waals surface area contributed by atoms with Crippen LogP contribution in [-0.2, 0) is 16.1 Å². The molecule has 4 rings (SSSR count). The number of para-hydroxylation sites is 2. The quantitative estimate of drug-likeness (QED) is 0.605. The van der Waals surface area contributed by atoms with Crippen LogP contribution in [0.3, 0.4) is 0 Å². The van der Waals surface area contributed by atoms with Crippen molar-refractivity contribution < 1.29 is 28.3 Å². The molecule has 3 aromatic rings. The zero-order chi connectivity index (χ0) is 22.7. The Morgan fingerprint density at radius 3 is 2.69 bits per heavy atom.